The molecule has 1 aliphatic heterocycles. The molecule has 3 aromatic carbocycles. The van der Waals surface area contributed by atoms with Crippen LogP contribution >= 0.6 is 0 Å². The summed E-state index contributed by atoms with van der Waals surface area (Å²) < 4.78 is 5.74. The SMILES string of the molecule is O=C1c2ccccc2C(O)(c2ccccc2)N1CCOc1ccccc1. The van der Waals surface area contributed by atoms with Crippen LogP contribution in [0.1, 0.15) is 21.5 Å². The zero-order valence-electron chi connectivity index (χ0n) is 14.2. The Morgan fingerprint density at radius 1 is 0.846 bits per heavy atom. The molecule has 1 N–H and O–H groups in total. The zero-order chi connectivity index (χ0) is 18.0. The number of amides is 1. The molecule has 4 heteroatoms. The summed E-state index contributed by atoms with van der Waals surface area (Å²) in [5.74, 6) is 0.545. The Hall–Kier alpha value is -3.11. The number of para-hydroxylation sites is 1. The average Bonchev–Trinajstić information content (AvgIpc) is 2.93. The molecule has 3 aromatic rings. The number of rotatable bonds is 5. The van der Waals surface area contributed by atoms with Gasteiger partial charge in [-0.15, -0.1) is 0 Å². The lowest BCUT2D eigenvalue weighted by Gasteiger charge is -2.34. The van der Waals surface area contributed by atoms with Crippen LogP contribution < -0.4 is 4.74 Å². The molecule has 0 fully saturated rings. The third kappa shape index (κ3) is 2.65. The van der Waals surface area contributed by atoms with Gasteiger partial charge in [0.15, 0.2) is 5.72 Å². The maximum Gasteiger partial charge on any atom is 0.257 e. The summed E-state index contributed by atoms with van der Waals surface area (Å²) >= 11 is 0. The molecule has 4 nitrogen and oxygen atoms in total. The van der Waals surface area contributed by atoms with E-state index in [1.165, 1.54) is 4.90 Å². The molecule has 0 aliphatic carbocycles. The predicted octanol–water partition coefficient (Wildman–Crippen LogP) is 3.41. The van der Waals surface area contributed by atoms with Crippen LogP contribution in [0, 0.1) is 0 Å². The van der Waals surface area contributed by atoms with Crippen molar-refractivity contribution in [2.45, 2.75) is 5.72 Å². The quantitative estimate of drug-likeness (QED) is 0.771. The first kappa shape index (κ1) is 16.4. The van der Waals surface area contributed by atoms with Gasteiger partial charge in [0.2, 0.25) is 0 Å². The van der Waals surface area contributed by atoms with E-state index < -0.39 is 5.72 Å². The fourth-order valence-electron chi connectivity index (χ4n) is 3.43. The number of carbonyl (C=O) groups excluding carboxylic acids is 1. The molecule has 0 saturated carbocycles. The first-order valence-electron chi connectivity index (χ1n) is 8.58. The first-order chi connectivity index (χ1) is 12.7. The second kappa shape index (κ2) is 6.65. The molecule has 130 valence electrons. The van der Waals surface area contributed by atoms with E-state index in [9.17, 15) is 9.90 Å². The fourth-order valence-corrected chi connectivity index (χ4v) is 3.43. The van der Waals surface area contributed by atoms with Crippen molar-refractivity contribution in [3.63, 3.8) is 0 Å². The van der Waals surface area contributed by atoms with Crippen LogP contribution in [0.2, 0.25) is 0 Å². The minimum atomic E-state index is -1.49. The monoisotopic (exact) mass is 345 g/mol. The van der Waals surface area contributed by atoms with Crippen molar-refractivity contribution in [3.8, 4) is 5.75 Å². The molecule has 1 heterocycles. The topological polar surface area (TPSA) is 49.8 Å². The maximum atomic E-state index is 12.9. The molecule has 26 heavy (non-hydrogen) atoms. The Bertz CT molecular complexity index is 911. The molecule has 1 atom stereocenters. The highest BCUT2D eigenvalue weighted by molar-refractivity contribution is 6.00. The van der Waals surface area contributed by atoms with Gasteiger partial charge in [-0.05, 0) is 18.2 Å². The fraction of sp³-hybridized carbons (Fsp3) is 0.136. The summed E-state index contributed by atoms with van der Waals surface area (Å²) in [5, 5.41) is 11.6. The minimum Gasteiger partial charge on any atom is -0.492 e. The molecule has 0 bridgehead atoms. The molecule has 0 saturated heterocycles. The normalized spacial score (nSPS) is 18.7. The Morgan fingerprint density at radius 3 is 2.19 bits per heavy atom. The van der Waals surface area contributed by atoms with E-state index in [0.717, 1.165) is 5.75 Å². The van der Waals surface area contributed by atoms with Crippen LogP contribution in [0.5, 0.6) is 5.75 Å². The van der Waals surface area contributed by atoms with Gasteiger partial charge >= 0.3 is 0 Å². The van der Waals surface area contributed by atoms with Gasteiger partial charge in [0.05, 0.1) is 6.54 Å². The van der Waals surface area contributed by atoms with Gasteiger partial charge in [-0.25, -0.2) is 0 Å². The van der Waals surface area contributed by atoms with Crippen LogP contribution in [-0.2, 0) is 5.72 Å². The first-order valence-corrected chi connectivity index (χ1v) is 8.58. The van der Waals surface area contributed by atoms with Crippen LogP contribution in [0.4, 0.5) is 0 Å². The van der Waals surface area contributed by atoms with E-state index >= 15 is 0 Å². The van der Waals surface area contributed by atoms with Crippen LogP contribution in [0.3, 0.4) is 0 Å². The minimum absolute atomic E-state index is 0.191. The van der Waals surface area contributed by atoms with Gasteiger partial charge in [-0.3, -0.25) is 9.69 Å². The van der Waals surface area contributed by atoms with Crippen molar-refractivity contribution in [1.82, 2.24) is 4.90 Å². The highest BCUT2D eigenvalue weighted by Crippen LogP contribution is 2.41. The number of aliphatic hydroxyl groups is 1. The molecule has 4 rings (SSSR count). The molecule has 1 amide bonds. The predicted molar refractivity (Wildman–Crippen MR) is 98.9 cm³/mol. The second-order valence-corrected chi connectivity index (χ2v) is 6.20. The van der Waals surface area contributed by atoms with Gasteiger partial charge in [0.25, 0.3) is 5.91 Å². The van der Waals surface area contributed by atoms with Crippen LogP contribution in [0.15, 0.2) is 84.9 Å². The van der Waals surface area contributed by atoms with Crippen LogP contribution in [0.25, 0.3) is 0 Å². The number of hydrogen-bond donors (Lipinski definition) is 1. The highest BCUT2D eigenvalue weighted by Gasteiger charge is 2.49. The molecule has 0 spiro atoms. The lowest BCUT2D eigenvalue weighted by Crippen LogP contribution is -2.46. The zero-order valence-corrected chi connectivity index (χ0v) is 14.2. The van der Waals surface area contributed by atoms with E-state index in [1.807, 2.05) is 72.8 Å². The summed E-state index contributed by atoms with van der Waals surface area (Å²) in [4.78, 5) is 14.4. The Kier molecular flexibility index (Phi) is 4.19. The van der Waals surface area contributed by atoms with E-state index in [2.05, 4.69) is 0 Å². The Labute approximate surface area is 152 Å². The van der Waals surface area contributed by atoms with Gasteiger partial charge in [0.1, 0.15) is 12.4 Å². The summed E-state index contributed by atoms with van der Waals surface area (Å²) in [6.07, 6.45) is 0. The largest absolute Gasteiger partial charge is 0.492 e. The number of nitrogens with zero attached hydrogens (tertiary/aromatic N) is 1. The van der Waals surface area contributed by atoms with Crippen LogP contribution in [-0.4, -0.2) is 29.1 Å². The van der Waals surface area contributed by atoms with Crippen molar-refractivity contribution in [2.24, 2.45) is 0 Å². The molecule has 0 radical (unpaired) electrons. The van der Waals surface area contributed by atoms with E-state index in [0.29, 0.717) is 23.3 Å². The van der Waals surface area contributed by atoms with Crippen molar-refractivity contribution in [1.29, 1.82) is 0 Å². The number of ether oxygens (including phenoxy) is 1. The second-order valence-electron chi connectivity index (χ2n) is 6.20. The summed E-state index contributed by atoms with van der Waals surface area (Å²) in [7, 11) is 0. The molecular formula is C22H19NO3. The van der Waals surface area contributed by atoms with Gasteiger partial charge in [0, 0.05) is 16.7 Å². The summed E-state index contributed by atoms with van der Waals surface area (Å²) in [6, 6.07) is 25.9. The van der Waals surface area contributed by atoms with E-state index in [1.54, 1.807) is 12.1 Å². The number of benzene rings is 3. The Balaban J connectivity index is 1.65. The van der Waals surface area contributed by atoms with Crippen molar-refractivity contribution >= 4 is 5.91 Å². The smallest absolute Gasteiger partial charge is 0.257 e. The van der Waals surface area contributed by atoms with Gasteiger partial charge < -0.3 is 9.84 Å². The average molecular weight is 345 g/mol. The molecule has 1 aliphatic rings. The third-order valence-corrected chi connectivity index (χ3v) is 4.67. The Morgan fingerprint density at radius 2 is 1.46 bits per heavy atom. The summed E-state index contributed by atoms with van der Waals surface area (Å²) in [5.41, 5.74) is 0.308. The third-order valence-electron chi connectivity index (χ3n) is 4.67. The number of carbonyl (C=O) groups is 1. The van der Waals surface area contributed by atoms with E-state index in [-0.39, 0.29) is 12.5 Å². The standard InChI is InChI=1S/C22H19NO3/c24-21-19-13-7-8-14-20(19)22(25,17-9-3-1-4-10-17)23(21)15-16-26-18-11-5-2-6-12-18/h1-14,25H,15-16H2. The molecular weight excluding hydrogens is 326 g/mol. The summed E-state index contributed by atoms with van der Waals surface area (Å²) in [6.45, 7) is 0.562. The lowest BCUT2D eigenvalue weighted by atomic mass is 9.94. The maximum absolute atomic E-state index is 12.9. The highest BCUT2D eigenvalue weighted by atomic mass is 16.5. The number of fused-ring (bicyclic) bond motifs is 1. The van der Waals surface area contributed by atoms with Crippen molar-refractivity contribution in [2.75, 3.05) is 13.2 Å². The van der Waals surface area contributed by atoms with E-state index in [4.69, 9.17) is 4.74 Å². The lowest BCUT2D eigenvalue weighted by molar-refractivity contribution is -0.0538. The molecule has 0 aromatic heterocycles. The number of hydrogen-bond acceptors (Lipinski definition) is 3. The van der Waals surface area contributed by atoms with Crippen molar-refractivity contribution in [3.05, 3.63) is 102 Å². The van der Waals surface area contributed by atoms with Gasteiger partial charge in [-0.1, -0.05) is 66.7 Å². The molecule has 1 unspecified atom stereocenters. The van der Waals surface area contributed by atoms with Crippen molar-refractivity contribution < 1.29 is 14.6 Å². The van der Waals surface area contributed by atoms with Gasteiger partial charge in [-0.2, -0.15) is 0 Å².